The van der Waals surface area contributed by atoms with Gasteiger partial charge in [0.2, 0.25) is 0 Å². The zero-order valence-electron chi connectivity index (χ0n) is 11.2. The quantitative estimate of drug-likeness (QED) is 0.319. The van der Waals surface area contributed by atoms with E-state index in [0.29, 0.717) is 11.7 Å². The van der Waals surface area contributed by atoms with Crippen molar-refractivity contribution in [2.45, 2.75) is 40.5 Å². The Kier molecular flexibility index (Phi) is 4.33. The molecule has 2 heteroatoms. The summed E-state index contributed by atoms with van der Waals surface area (Å²) in [6.07, 6.45) is 8.51. The lowest BCUT2D eigenvalue weighted by Gasteiger charge is -2.36. The van der Waals surface area contributed by atoms with Crippen molar-refractivity contribution in [2.75, 3.05) is 0 Å². The van der Waals surface area contributed by atoms with Gasteiger partial charge in [-0.3, -0.25) is 4.79 Å². The molecule has 0 aromatic heterocycles. The lowest BCUT2D eigenvalue weighted by atomic mass is 9.68. The number of esters is 1. The maximum atomic E-state index is 10.8. The normalized spacial score (nSPS) is 23.3. The van der Waals surface area contributed by atoms with Crippen LogP contribution in [0.2, 0.25) is 0 Å². The van der Waals surface area contributed by atoms with Crippen molar-refractivity contribution < 1.29 is 9.53 Å². The highest BCUT2D eigenvalue weighted by Crippen LogP contribution is 2.41. The Bertz CT molecular complexity index is 372. The smallest absolute Gasteiger partial charge is 0.308 e. The van der Waals surface area contributed by atoms with E-state index < -0.39 is 0 Å². The number of hydrogen-bond acceptors (Lipinski definition) is 2. The SMILES string of the molecule is C=C(C=CC1C(C)=CCCC1(C)C)OC(C)=O. The first kappa shape index (κ1) is 13.8. The molecule has 2 nitrogen and oxygen atoms in total. The molecule has 0 amide bonds. The minimum Gasteiger partial charge on any atom is -0.427 e. The molecule has 0 fully saturated rings. The van der Waals surface area contributed by atoms with Crippen molar-refractivity contribution in [3.8, 4) is 0 Å². The maximum Gasteiger partial charge on any atom is 0.308 e. The molecular weight excluding hydrogens is 212 g/mol. The van der Waals surface area contributed by atoms with Crippen LogP contribution in [-0.2, 0) is 9.53 Å². The number of ether oxygens (including phenoxy) is 1. The van der Waals surface area contributed by atoms with E-state index in [2.05, 4.69) is 39.5 Å². The predicted octanol–water partition coefficient (Wildman–Crippen LogP) is 4.00. The van der Waals surface area contributed by atoms with Crippen molar-refractivity contribution in [3.63, 3.8) is 0 Å². The van der Waals surface area contributed by atoms with Gasteiger partial charge in [0, 0.05) is 12.8 Å². The molecule has 0 spiro atoms. The molecule has 17 heavy (non-hydrogen) atoms. The molecule has 0 bridgehead atoms. The van der Waals surface area contributed by atoms with Gasteiger partial charge in [-0.1, -0.05) is 38.2 Å². The van der Waals surface area contributed by atoms with Crippen LogP contribution < -0.4 is 0 Å². The van der Waals surface area contributed by atoms with Crippen molar-refractivity contribution in [1.29, 1.82) is 0 Å². The van der Waals surface area contributed by atoms with Crippen molar-refractivity contribution in [3.05, 3.63) is 36.1 Å². The fourth-order valence-corrected chi connectivity index (χ4v) is 2.41. The summed E-state index contributed by atoms with van der Waals surface area (Å²) in [5.74, 6) is 0.477. The van der Waals surface area contributed by atoms with Crippen LogP contribution in [0.25, 0.3) is 0 Å². The molecule has 94 valence electrons. The molecule has 1 atom stereocenters. The highest BCUT2D eigenvalue weighted by Gasteiger charge is 2.30. The van der Waals surface area contributed by atoms with Crippen LogP contribution in [0.3, 0.4) is 0 Å². The molecule has 0 heterocycles. The zero-order chi connectivity index (χ0) is 13.1. The largest absolute Gasteiger partial charge is 0.427 e. The standard InChI is InChI=1S/C15H22O2/c1-11-7-6-10-15(4,5)14(11)9-8-12(2)17-13(3)16/h7-9,14H,2,6,10H2,1,3-5H3. The Morgan fingerprint density at radius 3 is 2.76 bits per heavy atom. The van der Waals surface area contributed by atoms with Crippen LogP contribution in [0.15, 0.2) is 36.1 Å². The molecule has 0 saturated carbocycles. The summed E-state index contributed by atoms with van der Waals surface area (Å²) >= 11 is 0. The third-order valence-electron chi connectivity index (χ3n) is 3.34. The molecule has 0 aromatic rings. The van der Waals surface area contributed by atoms with E-state index >= 15 is 0 Å². The van der Waals surface area contributed by atoms with Crippen molar-refractivity contribution in [2.24, 2.45) is 11.3 Å². The minimum absolute atomic E-state index is 0.256. The molecule has 0 N–H and O–H groups in total. The second kappa shape index (κ2) is 5.35. The maximum absolute atomic E-state index is 10.8. The van der Waals surface area contributed by atoms with Gasteiger partial charge in [0.05, 0.1) is 0 Å². The highest BCUT2D eigenvalue weighted by atomic mass is 16.5. The molecule has 0 saturated heterocycles. The van der Waals surface area contributed by atoms with Gasteiger partial charge in [0.15, 0.2) is 0 Å². The summed E-state index contributed by atoms with van der Waals surface area (Å²) < 4.78 is 4.91. The van der Waals surface area contributed by atoms with E-state index in [9.17, 15) is 4.79 Å². The lowest BCUT2D eigenvalue weighted by molar-refractivity contribution is -0.136. The molecule has 0 aromatic carbocycles. The summed E-state index contributed by atoms with van der Waals surface area (Å²) in [5, 5.41) is 0. The van der Waals surface area contributed by atoms with Gasteiger partial charge >= 0.3 is 5.97 Å². The van der Waals surface area contributed by atoms with Crippen LogP contribution in [0, 0.1) is 11.3 Å². The third-order valence-corrected chi connectivity index (χ3v) is 3.34. The fraction of sp³-hybridized carbons (Fsp3) is 0.533. The molecule has 1 rings (SSSR count). The number of allylic oxidation sites excluding steroid dienone is 4. The van der Waals surface area contributed by atoms with E-state index in [4.69, 9.17) is 4.74 Å². The monoisotopic (exact) mass is 234 g/mol. The van der Waals surface area contributed by atoms with Crippen LogP contribution in [0.1, 0.15) is 40.5 Å². The highest BCUT2D eigenvalue weighted by molar-refractivity contribution is 5.67. The van der Waals surface area contributed by atoms with Gasteiger partial charge < -0.3 is 4.74 Å². The molecular formula is C15H22O2. The van der Waals surface area contributed by atoms with Gasteiger partial charge in [0.1, 0.15) is 5.76 Å². The van der Waals surface area contributed by atoms with E-state index in [0.717, 1.165) is 6.42 Å². The second-order valence-corrected chi connectivity index (χ2v) is 5.37. The van der Waals surface area contributed by atoms with Gasteiger partial charge in [0.25, 0.3) is 0 Å². The average Bonchev–Trinajstić information content (AvgIpc) is 2.14. The third kappa shape index (κ3) is 3.88. The Labute approximate surface area is 104 Å². The van der Waals surface area contributed by atoms with Crippen LogP contribution in [-0.4, -0.2) is 5.97 Å². The molecule has 0 aliphatic heterocycles. The van der Waals surface area contributed by atoms with Gasteiger partial charge in [-0.15, -0.1) is 0 Å². The van der Waals surface area contributed by atoms with E-state index in [1.807, 2.05) is 0 Å². The summed E-state index contributed by atoms with van der Waals surface area (Å²) in [5.41, 5.74) is 1.64. The van der Waals surface area contributed by atoms with E-state index in [1.54, 1.807) is 6.08 Å². The Morgan fingerprint density at radius 2 is 2.24 bits per heavy atom. The Hall–Kier alpha value is -1.31. The van der Waals surface area contributed by atoms with Crippen LogP contribution in [0.4, 0.5) is 0 Å². The molecule has 1 unspecified atom stereocenters. The lowest BCUT2D eigenvalue weighted by Crippen LogP contribution is -2.26. The number of rotatable bonds is 3. The predicted molar refractivity (Wildman–Crippen MR) is 70.3 cm³/mol. The zero-order valence-corrected chi connectivity index (χ0v) is 11.2. The fourth-order valence-electron chi connectivity index (χ4n) is 2.41. The molecule has 0 radical (unpaired) electrons. The van der Waals surface area contributed by atoms with E-state index in [1.165, 1.54) is 18.9 Å². The van der Waals surface area contributed by atoms with Crippen LogP contribution in [0.5, 0.6) is 0 Å². The first-order chi connectivity index (χ1) is 7.83. The minimum atomic E-state index is -0.324. The van der Waals surface area contributed by atoms with Crippen LogP contribution >= 0.6 is 0 Å². The topological polar surface area (TPSA) is 26.3 Å². The van der Waals surface area contributed by atoms with Gasteiger partial charge in [-0.05, 0) is 31.3 Å². The first-order valence-electron chi connectivity index (χ1n) is 6.05. The summed E-state index contributed by atoms with van der Waals surface area (Å²) in [6.45, 7) is 11.8. The average molecular weight is 234 g/mol. The summed E-state index contributed by atoms with van der Waals surface area (Å²) in [6, 6.07) is 0. The van der Waals surface area contributed by atoms with Gasteiger partial charge in [-0.25, -0.2) is 0 Å². The Morgan fingerprint density at radius 1 is 1.59 bits per heavy atom. The number of carbonyl (C=O) groups is 1. The Balaban J connectivity index is 2.75. The van der Waals surface area contributed by atoms with E-state index in [-0.39, 0.29) is 11.4 Å². The molecule has 1 aliphatic carbocycles. The summed E-state index contributed by atoms with van der Waals surface area (Å²) in [4.78, 5) is 10.8. The van der Waals surface area contributed by atoms with Crippen molar-refractivity contribution >= 4 is 5.97 Å². The number of carbonyl (C=O) groups excluding carboxylic acids is 1. The molecule has 1 aliphatic rings. The number of hydrogen-bond donors (Lipinski definition) is 0. The first-order valence-corrected chi connectivity index (χ1v) is 6.05. The van der Waals surface area contributed by atoms with Crippen molar-refractivity contribution in [1.82, 2.24) is 0 Å². The van der Waals surface area contributed by atoms with Gasteiger partial charge in [-0.2, -0.15) is 0 Å². The summed E-state index contributed by atoms with van der Waals surface area (Å²) in [7, 11) is 0. The second-order valence-electron chi connectivity index (χ2n) is 5.37.